The molecule has 4 rings (SSSR count). The Morgan fingerprint density at radius 3 is 2.79 bits per heavy atom. The van der Waals surface area contributed by atoms with E-state index in [4.69, 9.17) is 4.74 Å². The fourth-order valence-corrected chi connectivity index (χ4v) is 4.63. The Morgan fingerprint density at radius 1 is 1.21 bits per heavy atom. The molecule has 2 aliphatic rings. The van der Waals surface area contributed by atoms with Crippen molar-refractivity contribution >= 4 is 11.7 Å². The molecule has 1 aromatic heterocycles. The zero-order chi connectivity index (χ0) is 20.2. The lowest BCUT2D eigenvalue weighted by atomic mass is 9.92. The molecular weight excluding hydrogens is 364 g/mol. The number of ether oxygens (including phenoxy) is 1. The number of Topliss-reactive ketones (excluding diaryl/α,β-unsaturated/α-hetero) is 1. The van der Waals surface area contributed by atoms with Gasteiger partial charge < -0.3 is 14.6 Å². The topological polar surface area (TPSA) is 60.3 Å². The second-order valence-electron chi connectivity index (χ2n) is 8.30. The highest BCUT2D eigenvalue weighted by Crippen LogP contribution is 2.31. The van der Waals surface area contributed by atoms with Gasteiger partial charge in [0.1, 0.15) is 0 Å². The zero-order valence-corrected chi connectivity index (χ0v) is 17.2. The van der Waals surface area contributed by atoms with Crippen molar-refractivity contribution in [3.05, 3.63) is 58.4 Å². The Hall–Kier alpha value is -2.40. The van der Waals surface area contributed by atoms with Crippen LogP contribution in [0.3, 0.4) is 0 Å². The number of fused-ring (bicyclic) bond motifs is 1. The first-order valence-electron chi connectivity index (χ1n) is 10.8. The molecule has 0 bridgehead atoms. The zero-order valence-electron chi connectivity index (χ0n) is 17.2. The van der Waals surface area contributed by atoms with Crippen molar-refractivity contribution in [2.24, 2.45) is 5.92 Å². The van der Waals surface area contributed by atoms with Crippen LogP contribution in [0.5, 0.6) is 0 Å². The van der Waals surface area contributed by atoms with Crippen molar-refractivity contribution in [2.45, 2.75) is 52.0 Å². The molecule has 1 saturated heterocycles. The van der Waals surface area contributed by atoms with Gasteiger partial charge >= 0.3 is 0 Å². The molecule has 154 valence electrons. The second kappa shape index (κ2) is 8.95. The molecule has 5 nitrogen and oxygen atoms in total. The van der Waals surface area contributed by atoms with E-state index in [9.17, 15) is 9.59 Å². The van der Waals surface area contributed by atoms with Crippen molar-refractivity contribution in [1.29, 1.82) is 0 Å². The first-order chi connectivity index (χ1) is 14.1. The molecular formula is C24H30N2O3. The van der Waals surface area contributed by atoms with Crippen molar-refractivity contribution in [3.63, 3.8) is 0 Å². The summed E-state index contributed by atoms with van der Waals surface area (Å²) in [6, 6.07) is 10.3. The first kappa shape index (κ1) is 19.9. The Kier molecular flexibility index (Phi) is 6.14. The quantitative estimate of drug-likeness (QED) is 0.816. The van der Waals surface area contributed by atoms with Crippen LogP contribution in [0.1, 0.15) is 58.6 Å². The minimum absolute atomic E-state index is 0.00305. The number of amides is 1. The highest BCUT2D eigenvalue weighted by atomic mass is 16.5. The van der Waals surface area contributed by atoms with Gasteiger partial charge in [0.25, 0.3) is 0 Å². The second-order valence-corrected chi connectivity index (χ2v) is 8.30. The number of benzene rings is 1. The number of ketones is 1. The predicted octanol–water partition coefficient (Wildman–Crippen LogP) is 3.45. The average Bonchev–Trinajstić information content (AvgIpc) is 3.01. The number of nitrogens with one attached hydrogen (secondary N) is 1. The molecule has 0 spiro atoms. The van der Waals surface area contributed by atoms with Crippen LogP contribution in [-0.4, -0.2) is 36.0 Å². The van der Waals surface area contributed by atoms with Crippen LogP contribution in [0.25, 0.3) is 0 Å². The van der Waals surface area contributed by atoms with Crippen LogP contribution in [-0.2, 0) is 28.9 Å². The van der Waals surface area contributed by atoms with Crippen LogP contribution < -0.4 is 5.32 Å². The smallest absolute Gasteiger partial charge is 0.224 e. The molecule has 5 heteroatoms. The Balaban J connectivity index is 1.54. The van der Waals surface area contributed by atoms with E-state index in [2.05, 4.69) is 22.0 Å². The van der Waals surface area contributed by atoms with Crippen LogP contribution in [0.15, 0.2) is 30.3 Å². The van der Waals surface area contributed by atoms with Gasteiger partial charge in [-0.1, -0.05) is 30.3 Å². The van der Waals surface area contributed by atoms with E-state index in [-0.39, 0.29) is 18.1 Å². The number of carbonyl (C=O) groups is 2. The standard InChI is InChI=1S/C24H30N2O3/c1-17-20(13-23(28)25-14-19-9-6-12-29-16-19)24-21(10-5-11-22(24)27)26(17)15-18-7-3-2-4-8-18/h2-4,7-8,19H,5-6,9-16H2,1H3,(H,25,28)/t19-/m0/s1. The number of aromatic nitrogens is 1. The number of hydrogen-bond donors (Lipinski definition) is 1. The fraction of sp³-hybridized carbons (Fsp3) is 0.500. The van der Waals surface area contributed by atoms with E-state index in [0.717, 1.165) is 68.0 Å². The Bertz CT molecular complexity index is 879. The van der Waals surface area contributed by atoms with Crippen molar-refractivity contribution in [2.75, 3.05) is 19.8 Å². The van der Waals surface area contributed by atoms with E-state index in [0.29, 0.717) is 18.9 Å². The molecule has 1 aliphatic heterocycles. The molecule has 29 heavy (non-hydrogen) atoms. The van der Waals surface area contributed by atoms with Gasteiger partial charge in [0, 0.05) is 43.1 Å². The monoisotopic (exact) mass is 394 g/mol. The van der Waals surface area contributed by atoms with Crippen LogP contribution in [0.2, 0.25) is 0 Å². The lowest BCUT2D eigenvalue weighted by Crippen LogP contribution is -2.34. The van der Waals surface area contributed by atoms with Gasteiger partial charge in [-0.3, -0.25) is 9.59 Å². The molecule has 1 aliphatic carbocycles. The molecule has 0 unspecified atom stereocenters. The van der Waals surface area contributed by atoms with Gasteiger partial charge in [-0.2, -0.15) is 0 Å². The maximum absolute atomic E-state index is 12.7. The van der Waals surface area contributed by atoms with Crippen molar-refractivity contribution in [1.82, 2.24) is 9.88 Å². The van der Waals surface area contributed by atoms with Gasteiger partial charge in [-0.05, 0) is 49.7 Å². The third-order valence-electron chi connectivity index (χ3n) is 6.22. The summed E-state index contributed by atoms with van der Waals surface area (Å²) in [5, 5.41) is 3.07. The molecule has 1 N–H and O–H groups in total. The number of rotatable bonds is 6. The lowest BCUT2D eigenvalue weighted by molar-refractivity contribution is -0.120. The normalized spacial score (nSPS) is 19.1. The molecule has 2 heterocycles. The first-order valence-corrected chi connectivity index (χ1v) is 10.8. The minimum Gasteiger partial charge on any atom is -0.381 e. The molecule has 0 saturated carbocycles. The third-order valence-corrected chi connectivity index (χ3v) is 6.22. The van der Waals surface area contributed by atoms with E-state index >= 15 is 0 Å². The molecule has 2 aromatic rings. The highest BCUT2D eigenvalue weighted by Gasteiger charge is 2.29. The average molecular weight is 395 g/mol. The van der Waals surface area contributed by atoms with Gasteiger partial charge in [0.15, 0.2) is 5.78 Å². The summed E-state index contributed by atoms with van der Waals surface area (Å²) in [4.78, 5) is 25.4. The van der Waals surface area contributed by atoms with Gasteiger partial charge in [0.2, 0.25) is 5.91 Å². The highest BCUT2D eigenvalue weighted by molar-refractivity contribution is 6.01. The molecule has 0 radical (unpaired) electrons. The van der Waals surface area contributed by atoms with Crippen molar-refractivity contribution in [3.8, 4) is 0 Å². The minimum atomic E-state index is -0.00305. The van der Waals surface area contributed by atoms with E-state index in [1.54, 1.807) is 0 Å². The molecule has 1 aromatic carbocycles. The third kappa shape index (κ3) is 4.45. The number of nitrogens with zero attached hydrogens (tertiary/aromatic N) is 1. The van der Waals surface area contributed by atoms with Gasteiger partial charge in [-0.15, -0.1) is 0 Å². The van der Waals surface area contributed by atoms with Crippen LogP contribution in [0, 0.1) is 12.8 Å². The molecule has 1 amide bonds. The largest absolute Gasteiger partial charge is 0.381 e. The van der Waals surface area contributed by atoms with Crippen molar-refractivity contribution < 1.29 is 14.3 Å². The lowest BCUT2D eigenvalue weighted by Gasteiger charge is -2.22. The molecule has 1 fully saturated rings. The van der Waals surface area contributed by atoms with E-state index in [1.807, 2.05) is 25.1 Å². The SMILES string of the molecule is Cc1c(CC(=O)NC[C@@H]2CCCOC2)c2c(n1Cc1ccccc1)CCCC2=O. The summed E-state index contributed by atoms with van der Waals surface area (Å²) in [6.07, 6.45) is 4.79. The summed E-state index contributed by atoms with van der Waals surface area (Å²) in [7, 11) is 0. The van der Waals surface area contributed by atoms with Gasteiger partial charge in [-0.25, -0.2) is 0 Å². The summed E-state index contributed by atoms with van der Waals surface area (Å²) in [6.45, 7) is 4.99. The van der Waals surface area contributed by atoms with Gasteiger partial charge in [0.05, 0.1) is 13.0 Å². The summed E-state index contributed by atoms with van der Waals surface area (Å²) < 4.78 is 7.75. The molecule has 1 atom stereocenters. The summed E-state index contributed by atoms with van der Waals surface area (Å²) in [5.74, 6) is 0.577. The van der Waals surface area contributed by atoms with E-state index < -0.39 is 0 Å². The van der Waals surface area contributed by atoms with Crippen LogP contribution in [0.4, 0.5) is 0 Å². The Morgan fingerprint density at radius 2 is 2.03 bits per heavy atom. The number of hydrogen-bond acceptors (Lipinski definition) is 3. The maximum Gasteiger partial charge on any atom is 0.224 e. The predicted molar refractivity (Wildman–Crippen MR) is 112 cm³/mol. The Labute approximate surface area is 172 Å². The van der Waals surface area contributed by atoms with Crippen LogP contribution >= 0.6 is 0 Å². The van der Waals surface area contributed by atoms with E-state index in [1.165, 1.54) is 5.56 Å². The summed E-state index contributed by atoms with van der Waals surface area (Å²) in [5.41, 5.74) is 5.08. The fourth-order valence-electron chi connectivity index (χ4n) is 4.63. The summed E-state index contributed by atoms with van der Waals surface area (Å²) >= 11 is 0. The number of carbonyl (C=O) groups excluding carboxylic acids is 2. The maximum atomic E-state index is 12.7.